The molecule has 0 spiro atoms. The number of rotatable bonds is 6. The van der Waals surface area contributed by atoms with E-state index in [1.807, 2.05) is 0 Å². The van der Waals surface area contributed by atoms with Crippen molar-refractivity contribution in [3.8, 4) is 0 Å². The first-order valence-corrected chi connectivity index (χ1v) is 5.30. The predicted octanol–water partition coefficient (Wildman–Crippen LogP) is 0.129. The lowest BCUT2D eigenvalue weighted by atomic mass is 9.92. The molecule has 0 bridgehead atoms. The minimum Gasteiger partial charge on any atom is -0.494 e. The molecule has 14 heteroatoms. The summed E-state index contributed by atoms with van der Waals surface area (Å²) in [6, 6.07) is -1.90. The molecule has 0 aromatic rings. The van der Waals surface area contributed by atoms with E-state index in [9.17, 15) is 44.8 Å². The second-order valence-corrected chi connectivity index (χ2v) is 3.99. The number of halogens is 1. The van der Waals surface area contributed by atoms with E-state index in [4.69, 9.17) is 0 Å². The zero-order chi connectivity index (χ0) is 17.2. The number of nitrogens with zero attached hydrogens (tertiary/aromatic N) is 4. The van der Waals surface area contributed by atoms with Crippen LogP contribution in [0.15, 0.2) is 23.7 Å². The second kappa shape index (κ2) is 5.66. The van der Waals surface area contributed by atoms with Crippen LogP contribution in [0.4, 0.5) is 4.39 Å². The van der Waals surface area contributed by atoms with E-state index in [0.717, 1.165) is 7.11 Å². The molecule has 22 heavy (non-hydrogen) atoms. The third kappa shape index (κ3) is 2.29. The molecule has 0 fully saturated rings. The van der Waals surface area contributed by atoms with Crippen molar-refractivity contribution in [3.63, 3.8) is 0 Å². The van der Waals surface area contributed by atoms with Gasteiger partial charge in [0, 0.05) is 11.0 Å². The van der Waals surface area contributed by atoms with Gasteiger partial charge in [-0.15, -0.1) is 0 Å². The maximum absolute atomic E-state index is 13.9. The summed E-state index contributed by atoms with van der Waals surface area (Å²) in [5.74, 6) is -9.19. The standard InChI is InChI=1S/C8H7FN4O9/c1-22-7-2-4(5(9)3-6(7)10(14)15)8(11(16)17,12(18)19)13(20)21/h2-4,6H,1H3. The summed E-state index contributed by atoms with van der Waals surface area (Å²) < 4.78 is 18.4. The topological polar surface area (TPSA) is 182 Å². The molecular formula is C8H7FN4O9. The third-order valence-electron chi connectivity index (χ3n) is 2.92. The molecule has 120 valence electrons. The fraction of sp³-hybridized carbons (Fsp3) is 0.500. The Hall–Kier alpha value is -3.19. The first-order chi connectivity index (χ1) is 10.1. The van der Waals surface area contributed by atoms with Crippen LogP contribution in [-0.2, 0) is 4.74 Å². The number of ether oxygens (including phenoxy) is 1. The van der Waals surface area contributed by atoms with Crippen LogP contribution in [0, 0.1) is 46.4 Å². The molecule has 0 heterocycles. The van der Waals surface area contributed by atoms with Gasteiger partial charge in [0.15, 0.2) is 20.5 Å². The zero-order valence-electron chi connectivity index (χ0n) is 10.7. The van der Waals surface area contributed by atoms with E-state index in [0.29, 0.717) is 6.08 Å². The van der Waals surface area contributed by atoms with Crippen LogP contribution in [0.1, 0.15) is 0 Å². The van der Waals surface area contributed by atoms with Crippen LogP contribution < -0.4 is 0 Å². The van der Waals surface area contributed by atoms with E-state index in [-0.39, 0.29) is 6.08 Å². The molecule has 1 rings (SSSR count). The minimum atomic E-state index is -4.16. The van der Waals surface area contributed by atoms with Gasteiger partial charge < -0.3 is 4.74 Å². The summed E-state index contributed by atoms with van der Waals surface area (Å²) in [7, 11) is 0.891. The molecule has 0 aromatic carbocycles. The highest BCUT2D eigenvalue weighted by atomic mass is 19.1. The first-order valence-electron chi connectivity index (χ1n) is 5.30. The number of nitro groups is 4. The summed E-state index contributed by atoms with van der Waals surface area (Å²) in [5, 5.41) is 43.4. The maximum Gasteiger partial charge on any atom is 0.712 e. The van der Waals surface area contributed by atoms with E-state index >= 15 is 0 Å². The third-order valence-corrected chi connectivity index (χ3v) is 2.92. The van der Waals surface area contributed by atoms with E-state index in [1.165, 1.54) is 0 Å². The van der Waals surface area contributed by atoms with Gasteiger partial charge >= 0.3 is 5.79 Å². The Labute approximate surface area is 119 Å². The van der Waals surface area contributed by atoms with Gasteiger partial charge in [0.1, 0.15) is 5.83 Å². The van der Waals surface area contributed by atoms with Crippen LogP contribution >= 0.6 is 0 Å². The molecule has 2 atom stereocenters. The first kappa shape index (κ1) is 16.9. The monoisotopic (exact) mass is 322 g/mol. The van der Waals surface area contributed by atoms with Gasteiger partial charge in [-0.3, -0.25) is 40.5 Å². The smallest absolute Gasteiger partial charge is 0.494 e. The molecule has 1 aliphatic rings. The highest BCUT2D eigenvalue weighted by molar-refractivity contribution is 5.25. The van der Waals surface area contributed by atoms with Gasteiger partial charge in [-0.2, -0.15) is 0 Å². The van der Waals surface area contributed by atoms with E-state index in [2.05, 4.69) is 4.74 Å². The Kier molecular flexibility index (Phi) is 4.34. The summed E-state index contributed by atoms with van der Waals surface area (Å²) in [5.41, 5.74) is 0. The van der Waals surface area contributed by atoms with E-state index < -0.39 is 49.0 Å². The van der Waals surface area contributed by atoms with Gasteiger partial charge in [-0.05, 0) is 6.08 Å². The van der Waals surface area contributed by atoms with Gasteiger partial charge in [-0.25, -0.2) is 4.39 Å². The quantitative estimate of drug-likeness (QED) is 0.372. The SMILES string of the molecule is COC1=CC(C([N+](=O)[O-])([N+](=O)[O-])[N+](=O)[O-])C(F)=CC1[N+](=O)[O-]. The normalized spacial score (nSPS) is 21.4. The highest BCUT2D eigenvalue weighted by Crippen LogP contribution is 2.36. The van der Waals surface area contributed by atoms with Gasteiger partial charge in [0.05, 0.1) is 7.11 Å². The minimum absolute atomic E-state index is 0.189. The summed E-state index contributed by atoms with van der Waals surface area (Å²) in [4.78, 5) is 36.7. The summed E-state index contributed by atoms with van der Waals surface area (Å²) >= 11 is 0. The number of hydrogen-bond acceptors (Lipinski definition) is 9. The average molecular weight is 322 g/mol. The van der Waals surface area contributed by atoms with Crippen molar-refractivity contribution in [2.75, 3.05) is 7.11 Å². The number of methoxy groups -OCH3 is 1. The fourth-order valence-electron chi connectivity index (χ4n) is 1.87. The molecule has 0 N–H and O–H groups in total. The van der Waals surface area contributed by atoms with Crippen LogP contribution in [0.2, 0.25) is 0 Å². The lowest BCUT2D eigenvalue weighted by Gasteiger charge is -2.20. The van der Waals surface area contributed by atoms with Crippen LogP contribution in [0.3, 0.4) is 0 Å². The molecule has 2 unspecified atom stereocenters. The molecule has 13 nitrogen and oxygen atoms in total. The van der Waals surface area contributed by atoms with Crippen LogP contribution in [-0.4, -0.2) is 38.6 Å². The van der Waals surface area contributed by atoms with Crippen molar-refractivity contribution < 1.29 is 28.8 Å². The summed E-state index contributed by atoms with van der Waals surface area (Å²) in [6.45, 7) is 0. The van der Waals surface area contributed by atoms with Gasteiger partial charge in [0.2, 0.25) is 0 Å². The van der Waals surface area contributed by atoms with Crippen molar-refractivity contribution >= 4 is 0 Å². The van der Waals surface area contributed by atoms with Crippen LogP contribution in [0.25, 0.3) is 0 Å². The lowest BCUT2D eigenvalue weighted by Crippen LogP contribution is -2.59. The molecule has 1 aliphatic carbocycles. The van der Waals surface area contributed by atoms with Crippen molar-refractivity contribution in [2.24, 2.45) is 5.92 Å². The Morgan fingerprint density at radius 1 is 1.05 bits per heavy atom. The fourth-order valence-corrected chi connectivity index (χ4v) is 1.87. The molecule has 0 amide bonds. The number of hydrogen-bond donors (Lipinski definition) is 0. The van der Waals surface area contributed by atoms with Crippen molar-refractivity contribution in [1.29, 1.82) is 0 Å². The molecule has 0 aromatic heterocycles. The molecule has 0 aliphatic heterocycles. The highest BCUT2D eigenvalue weighted by Gasteiger charge is 2.78. The van der Waals surface area contributed by atoms with Crippen molar-refractivity contribution in [1.82, 2.24) is 0 Å². The largest absolute Gasteiger partial charge is 0.712 e. The van der Waals surface area contributed by atoms with Gasteiger partial charge in [-0.1, -0.05) is 0 Å². The Balaban J connectivity index is 3.58. The van der Waals surface area contributed by atoms with Crippen molar-refractivity contribution in [2.45, 2.75) is 11.8 Å². The average Bonchev–Trinajstić information content (AvgIpc) is 2.39. The van der Waals surface area contributed by atoms with Crippen molar-refractivity contribution in [3.05, 3.63) is 64.2 Å². The van der Waals surface area contributed by atoms with Crippen LogP contribution in [0.5, 0.6) is 0 Å². The Morgan fingerprint density at radius 2 is 1.50 bits per heavy atom. The molecule has 0 radical (unpaired) electrons. The van der Waals surface area contributed by atoms with E-state index in [1.54, 1.807) is 0 Å². The predicted molar refractivity (Wildman–Crippen MR) is 62.3 cm³/mol. The van der Waals surface area contributed by atoms with Gasteiger partial charge in [0.25, 0.3) is 12.0 Å². The molecular weight excluding hydrogens is 315 g/mol. The maximum atomic E-state index is 13.9. The Morgan fingerprint density at radius 3 is 1.82 bits per heavy atom. The molecule has 0 saturated heterocycles. The molecule has 0 saturated carbocycles. The Bertz CT molecular complexity index is 579. The second-order valence-electron chi connectivity index (χ2n) is 3.99. The summed E-state index contributed by atoms with van der Waals surface area (Å²) in [6.07, 6.45) is 0.492. The zero-order valence-corrected chi connectivity index (χ0v) is 10.7. The lowest BCUT2D eigenvalue weighted by molar-refractivity contribution is -0.975.